The average molecular weight is 405 g/mol. The molecule has 3 rings (SSSR count). The van der Waals surface area contributed by atoms with Crippen LogP contribution in [0.2, 0.25) is 0 Å². The molecule has 1 aliphatic heterocycles. The predicted octanol–water partition coefficient (Wildman–Crippen LogP) is -2.09. The first-order valence-corrected chi connectivity index (χ1v) is 9.08. The molecule has 0 bridgehead atoms. The standard InChI is InChI=1S/C21H23N3O4.Na.H/c1-24-17(18(24)21(27)28)20(26)23-16(12-14-8-4-2-5-9-14)19(25)22-13-15-10-6-3-7-11-15;;/h2-11,16-18H,12-13H2,1H3,(H,22,25)(H,23,26)(H,27,28);;/q;+1;-1/t16-,17-,18-,24?;;/m0../s1. The third-order valence-electron chi connectivity index (χ3n) is 4.83. The van der Waals surface area contributed by atoms with E-state index < -0.39 is 30.0 Å². The molecule has 1 fully saturated rings. The molecule has 7 nitrogen and oxygen atoms in total. The number of hydrogen-bond acceptors (Lipinski definition) is 4. The Hall–Kier alpha value is -2.19. The largest absolute Gasteiger partial charge is 1.00 e. The maximum Gasteiger partial charge on any atom is 1.00 e. The Kier molecular flexibility index (Phi) is 8.40. The smallest absolute Gasteiger partial charge is 1.00 e. The number of nitrogens with one attached hydrogen (secondary N) is 2. The van der Waals surface area contributed by atoms with Gasteiger partial charge in [0.2, 0.25) is 11.8 Å². The number of carboxylic acids is 1. The second kappa shape index (κ2) is 10.5. The molecule has 2 aromatic rings. The number of benzene rings is 2. The summed E-state index contributed by atoms with van der Waals surface area (Å²) in [5.74, 6) is -1.81. The summed E-state index contributed by atoms with van der Waals surface area (Å²) < 4.78 is 0. The Bertz CT molecular complexity index is 854. The average Bonchev–Trinajstić information content (AvgIpc) is 3.38. The molecule has 8 heteroatoms. The first-order valence-electron chi connectivity index (χ1n) is 9.08. The summed E-state index contributed by atoms with van der Waals surface area (Å²) in [6, 6.07) is 16.5. The van der Waals surface area contributed by atoms with Gasteiger partial charge < -0.3 is 17.2 Å². The fourth-order valence-corrected chi connectivity index (χ4v) is 3.20. The van der Waals surface area contributed by atoms with E-state index in [-0.39, 0.29) is 36.9 Å². The Labute approximate surface area is 193 Å². The predicted molar refractivity (Wildman–Crippen MR) is 104 cm³/mol. The van der Waals surface area contributed by atoms with Crippen LogP contribution < -0.4 is 40.2 Å². The van der Waals surface area contributed by atoms with Gasteiger partial charge in [0.05, 0.1) is 0 Å². The van der Waals surface area contributed by atoms with E-state index in [0.29, 0.717) is 13.0 Å². The van der Waals surface area contributed by atoms with Crippen LogP contribution in [-0.4, -0.2) is 53.0 Å². The molecular weight excluding hydrogens is 381 g/mol. The van der Waals surface area contributed by atoms with E-state index in [4.69, 9.17) is 5.11 Å². The molecule has 29 heavy (non-hydrogen) atoms. The number of amides is 2. The normalized spacial score (nSPS) is 20.7. The first kappa shape index (κ1) is 23.1. The zero-order valence-corrected chi connectivity index (χ0v) is 18.5. The molecule has 1 heterocycles. The molecule has 0 spiro atoms. The number of carboxylic acid groups (broad SMARTS) is 1. The minimum absolute atomic E-state index is 0. The minimum Gasteiger partial charge on any atom is -1.00 e. The number of likely N-dealkylation sites (N-methyl/N-ethyl adjacent to an activating group) is 1. The van der Waals surface area contributed by atoms with Crippen LogP contribution in [0.4, 0.5) is 0 Å². The van der Waals surface area contributed by atoms with Gasteiger partial charge in [-0.15, -0.1) is 0 Å². The van der Waals surface area contributed by atoms with E-state index in [2.05, 4.69) is 10.6 Å². The zero-order chi connectivity index (χ0) is 20.1. The van der Waals surface area contributed by atoms with Crippen LogP contribution in [0.3, 0.4) is 0 Å². The quantitative estimate of drug-likeness (QED) is 0.346. The van der Waals surface area contributed by atoms with Crippen LogP contribution in [0.25, 0.3) is 0 Å². The molecule has 0 saturated carbocycles. The van der Waals surface area contributed by atoms with E-state index in [0.717, 1.165) is 11.1 Å². The molecule has 1 aliphatic rings. The number of carbonyl (C=O) groups is 3. The number of nitrogens with zero attached hydrogens (tertiary/aromatic N) is 1. The van der Waals surface area contributed by atoms with E-state index >= 15 is 0 Å². The van der Waals surface area contributed by atoms with Gasteiger partial charge in [0.1, 0.15) is 18.1 Å². The second-order valence-electron chi connectivity index (χ2n) is 6.85. The van der Waals surface area contributed by atoms with Crippen LogP contribution in [0.15, 0.2) is 60.7 Å². The van der Waals surface area contributed by atoms with Gasteiger partial charge in [-0.1, -0.05) is 60.7 Å². The molecule has 3 N–H and O–H groups in total. The summed E-state index contributed by atoms with van der Waals surface area (Å²) in [6.45, 7) is 0.349. The molecule has 1 saturated heterocycles. The van der Waals surface area contributed by atoms with Crippen molar-refractivity contribution >= 4 is 17.8 Å². The van der Waals surface area contributed by atoms with Gasteiger partial charge in [0.15, 0.2) is 0 Å². The molecule has 2 amide bonds. The number of hydrogen-bond donors (Lipinski definition) is 3. The fraction of sp³-hybridized carbons (Fsp3) is 0.286. The third-order valence-corrected chi connectivity index (χ3v) is 4.83. The molecule has 0 radical (unpaired) electrons. The fourth-order valence-electron chi connectivity index (χ4n) is 3.20. The van der Waals surface area contributed by atoms with Crippen molar-refractivity contribution in [3.8, 4) is 0 Å². The van der Waals surface area contributed by atoms with Crippen molar-refractivity contribution in [2.45, 2.75) is 31.1 Å². The number of aliphatic carboxylic acids is 1. The summed E-state index contributed by atoms with van der Waals surface area (Å²) in [5, 5.41) is 14.7. The van der Waals surface area contributed by atoms with Crippen molar-refractivity contribution in [1.29, 1.82) is 0 Å². The van der Waals surface area contributed by atoms with Crippen LogP contribution in [0.5, 0.6) is 0 Å². The summed E-state index contributed by atoms with van der Waals surface area (Å²) in [7, 11) is 1.57. The van der Waals surface area contributed by atoms with Gasteiger partial charge in [-0.25, -0.2) is 0 Å². The summed E-state index contributed by atoms with van der Waals surface area (Å²) in [5.41, 5.74) is 1.86. The van der Waals surface area contributed by atoms with Gasteiger partial charge in [-0.3, -0.25) is 19.3 Å². The van der Waals surface area contributed by atoms with Gasteiger partial charge >= 0.3 is 35.5 Å². The molecular formula is C21H24N3NaO4. The molecule has 148 valence electrons. The maximum absolute atomic E-state index is 12.7. The van der Waals surface area contributed by atoms with E-state index in [9.17, 15) is 14.4 Å². The monoisotopic (exact) mass is 405 g/mol. The van der Waals surface area contributed by atoms with Crippen LogP contribution in [-0.2, 0) is 27.3 Å². The first-order chi connectivity index (χ1) is 13.5. The summed E-state index contributed by atoms with van der Waals surface area (Å²) in [6.07, 6.45) is 0.321. The Morgan fingerprint density at radius 1 is 1.00 bits per heavy atom. The number of carbonyl (C=O) groups excluding carboxylic acids is 2. The Balaban J connectivity index is 0.00000225. The van der Waals surface area contributed by atoms with Gasteiger partial charge in [-0.2, -0.15) is 0 Å². The van der Waals surface area contributed by atoms with E-state index in [1.807, 2.05) is 60.7 Å². The summed E-state index contributed by atoms with van der Waals surface area (Å²) >= 11 is 0. The Morgan fingerprint density at radius 3 is 2.07 bits per heavy atom. The van der Waals surface area contributed by atoms with Crippen molar-refractivity contribution in [2.75, 3.05) is 7.05 Å². The molecule has 1 unspecified atom stereocenters. The van der Waals surface area contributed by atoms with Crippen molar-refractivity contribution < 1.29 is 50.5 Å². The zero-order valence-electron chi connectivity index (χ0n) is 17.5. The van der Waals surface area contributed by atoms with Crippen molar-refractivity contribution in [3.63, 3.8) is 0 Å². The molecule has 2 aromatic carbocycles. The maximum atomic E-state index is 12.7. The van der Waals surface area contributed by atoms with Crippen LogP contribution in [0.1, 0.15) is 12.6 Å². The SMILES string of the molecule is CN1[C@H](C(=O)O)[C@H]1C(=O)N[C@@H](Cc1ccccc1)C(=O)NCc1ccccc1.[H-].[Na+]. The molecule has 0 aromatic heterocycles. The van der Waals surface area contributed by atoms with Crippen LogP contribution in [0, 0.1) is 0 Å². The van der Waals surface area contributed by atoms with E-state index in [1.54, 1.807) is 7.05 Å². The topological polar surface area (TPSA) is 98.5 Å². The van der Waals surface area contributed by atoms with Crippen molar-refractivity contribution in [3.05, 3.63) is 71.8 Å². The third kappa shape index (κ3) is 6.14. The number of rotatable bonds is 8. The summed E-state index contributed by atoms with van der Waals surface area (Å²) in [4.78, 5) is 37.9. The Morgan fingerprint density at radius 2 is 1.55 bits per heavy atom. The van der Waals surface area contributed by atoms with Gasteiger partial charge in [0, 0.05) is 13.0 Å². The van der Waals surface area contributed by atoms with Crippen molar-refractivity contribution in [1.82, 2.24) is 15.5 Å². The van der Waals surface area contributed by atoms with E-state index in [1.165, 1.54) is 4.90 Å². The van der Waals surface area contributed by atoms with Crippen LogP contribution >= 0.6 is 0 Å². The van der Waals surface area contributed by atoms with Crippen molar-refractivity contribution in [2.24, 2.45) is 0 Å². The second-order valence-corrected chi connectivity index (χ2v) is 6.85. The van der Waals surface area contributed by atoms with Gasteiger partial charge in [0.25, 0.3) is 0 Å². The van der Waals surface area contributed by atoms with Gasteiger partial charge in [-0.05, 0) is 18.2 Å². The minimum atomic E-state index is -1.05. The molecule has 0 aliphatic carbocycles. The molecule has 4 atom stereocenters.